The van der Waals surface area contributed by atoms with E-state index in [-0.39, 0.29) is 18.0 Å². The summed E-state index contributed by atoms with van der Waals surface area (Å²) >= 11 is 0. The number of likely N-dealkylation sites (tertiary alicyclic amines) is 1. The Kier molecular flexibility index (Phi) is 5.73. The molecule has 0 aromatic heterocycles. The zero-order valence-electron chi connectivity index (χ0n) is 15.9. The number of benzene rings is 2. The molecule has 4 heteroatoms. The van der Waals surface area contributed by atoms with Gasteiger partial charge in [0.2, 0.25) is 5.91 Å². The van der Waals surface area contributed by atoms with Crippen LogP contribution in [0.2, 0.25) is 0 Å². The van der Waals surface area contributed by atoms with E-state index in [2.05, 4.69) is 51.5 Å². The van der Waals surface area contributed by atoms with Crippen molar-refractivity contribution < 1.29 is 4.79 Å². The van der Waals surface area contributed by atoms with Crippen LogP contribution in [-0.2, 0) is 4.79 Å². The van der Waals surface area contributed by atoms with Crippen LogP contribution in [0.4, 0.5) is 5.69 Å². The van der Waals surface area contributed by atoms with E-state index in [0.717, 1.165) is 44.6 Å². The van der Waals surface area contributed by atoms with Crippen molar-refractivity contribution in [3.8, 4) is 0 Å². The first-order valence-corrected chi connectivity index (χ1v) is 10.2. The van der Waals surface area contributed by atoms with E-state index in [9.17, 15) is 4.79 Å². The lowest BCUT2D eigenvalue weighted by Gasteiger charge is -2.36. The molecule has 0 bridgehead atoms. The number of carbonyl (C=O) groups is 1. The van der Waals surface area contributed by atoms with E-state index in [1.165, 1.54) is 18.5 Å². The highest BCUT2D eigenvalue weighted by atomic mass is 16.2. The number of anilines is 1. The zero-order chi connectivity index (χ0) is 18.5. The smallest absolute Gasteiger partial charge is 0.242 e. The van der Waals surface area contributed by atoms with Gasteiger partial charge < -0.3 is 10.2 Å². The van der Waals surface area contributed by atoms with Gasteiger partial charge in [0, 0.05) is 24.8 Å². The van der Waals surface area contributed by atoms with Gasteiger partial charge in [-0.3, -0.25) is 9.69 Å². The largest absolute Gasteiger partial charge is 0.369 e. The van der Waals surface area contributed by atoms with E-state index >= 15 is 0 Å². The standard InChI is InChI=1S/C23H29N3O/c27-23(22(25-15-7-8-16-25)19-10-3-1-4-11-19)24-20-12-9-17-26(18-20)21-13-5-2-6-14-21/h1-6,10-11,13-14,20,22H,7-9,12,15-18H2,(H,24,27). The van der Waals surface area contributed by atoms with Gasteiger partial charge in [0.15, 0.2) is 0 Å². The average molecular weight is 364 g/mol. The second-order valence-electron chi connectivity index (χ2n) is 7.69. The second kappa shape index (κ2) is 8.57. The first-order valence-electron chi connectivity index (χ1n) is 10.2. The first-order chi connectivity index (χ1) is 13.3. The summed E-state index contributed by atoms with van der Waals surface area (Å²) in [7, 11) is 0. The molecule has 2 saturated heterocycles. The molecule has 2 fully saturated rings. The number of nitrogens with zero attached hydrogens (tertiary/aromatic N) is 2. The molecule has 2 unspecified atom stereocenters. The third-order valence-corrected chi connectivity index (χ3v) is 5.76. The molecule has 2 heterocycles. The number of hydrogen-bond acceptors (Lipinski definition) is 3. The van der Waals surface area contributed by atoms with Gasteiger partial charge in [-0.1, -0.05) is 48.5 Å². The summed E-state index contributed by atoms with van der Waals surface area (Å²) in [4.78, 5) is 18.0. The van der Waals surface area contributed by atoms with Gasteiger partial charge in [-0.25, -0.2) is 0 Å². The second-order valence-corrected chi connectivity index (χ2v) is 7.69. The average Bonchev–Trinajstić information content (AvgIpc) is 3.24. The number of nitrogens with one attached hydrogen (secondary N) is 1. The van der Waals surface area contributed by atoms with Crippen LogP contribution in [0.1, 0.15) is 37.3 Å². The lowest BCUT2D eigenvalue weighted by Crippen LogP contribution is -2.50. The minimum Gasteiger partial charge on any atom is -0.369 e. The lowest BCUT2D eigenvalue weighted by atomic mass is 10.0. The van der Waals surface area contributed by atoms with Gasteiger partial charge in [0.1, 0.15) is 6.04 Å². The summed E-state index contributed by atoms with van der Waals surface area (Å²) in [6.45, 7) is 3.96. The lowest BCUT2D eigenvalue weighted by molar-refractivity contribution is -0.127. The van der Waals surface area contributed by atoms with Gasteiger partial charge in [-0.2, -0.15) is 0 Å². The number of rotatable bonds is 5. The number of hydrogen-bond donors (Lipinski definition) is 1. The first kappa shape index (κ1) is 18.1. The van der Waals surface area contributed by atoms with Crippen LogP contribution < -0.4 is 10.2 Å². The van der Waals surface area contributed by atoms with Crippen LogP contribution in [0.3, 0.4) is 0 Å². The highest BCUT2D eigenvalue weighted by molar-refractivity contribution is 5.83. The highest BCUT2D eigenvalue weighted by Gasteiger charge is 2.31. The Bertz CT molecular complexity index is 728. The quantitative estimate of drug-likeness (QED) is 0.881. The molecule has 142 valence electrons. The van der Waals surface area contributed by atoms with Crippen LogP contribution in [-0.4, -0.2) is 43.0 Å². The fourth-order valence-electron chi connectivity index (χ4n) is 4.41. The van der Waals surface area contributed by atoms with Gasteiger partial charge in [0.25, 0.3) is 0 Å². The molecule has 0 saturated carbocycles. The van der Waals surface area contributed by atoms with Gasteiger partial charge in [-0.15, -0.1) is 0 Å². The SMILES string of the molecule is O=C(NC1CCCN(c2ccccc2)C1)C(c1ccccc1)N1CCCC1. The summed E-state index contributed by atoms with van der Waals surface area (Å²) in [5.41, 5.74) is 2.35. The van der Waals surface area contributed by atoms with Crippen molar-refractivity contribution in [2.75, 3.05) is 31.1 Å². The highest BCUT2D eigenvalue weighted by Crippen LogP contribution is 2.26. The summed E-state index contributed by atoms with van der Waals surface area (Å²) in [6, 6.07) is 20.8. The molecule has 1 N–H and O–H groups in total. The molecule has 2 aliphatic rings. The Morgan fingerprint density at radius 3 is 2.26 bits per heavy atom. The Morgan fingerprint density at radius 1 is 0.889 bits per heavy atom. The van der Waals surface area contributed by atoms with Gasteiger partial charge in [0.05, 0.1) is 0 Å². The molecule has 2 atom stereocenters. The monoisotopic (exact) mass is 363 g/mol. The van der Waals surface area contributed by atoms with Crippen LogP contribution in [0.25, 0.3) is 0 Å². The van der Waals surface area contributed by atoms with E-state index in [4.69, 9.17) is 0 Å². The van der Waals surface area contributed by atoms with Crippen molar-refractivity contribution >= 4 is 11.6 Å². The minimum absolute atomic E-state index is 0.156. The normalized spacial score (nSPS) is 21.8. The summed E-state index contributed by atoms with van der Waals surface area (Å²) in [5.74, 6) is 0.156. The van der Waals surface area contributed by atoms with E-state index < -0.39 is 0 Å². The fraction of sp³-hybridized carbons (Fsp3) is 0.435. The van der Waals surface area contributed by atoms with Gasteiger partial charge >= 0.3 is 0 Å². The number of piperidine rings is 1. The predicted octanol–water partition coefficient (Wildman–Crippen LogP) is 3.61. The third kappa shape index (κ3) is 4.33. The number of carbonyl (C=O) groups excluding carboxylic acids is 1. The summed E-state index contributed by atoms with van der Waals surface area (Å²) in [6.07, 6.45) is 4.53. The molecule has 2 aromatic rings. The van der Waals surface area contributed by atoms with Crippen molar-refractivity contribution in [3.63, 3.8) is 0 Å². The van der Waals surface area contributed by atoms with Crippen LogP contribution in [0.5, 0.6) is 0 Å². The van der Waals surface area contributed by atoms with Crippen LogP contribution >= 0.6 is 0 Å². The third-order valence-electron chi connectivity index (χ3n) is 5.76. The molecule has 2 aliphatic heterocycles. The predicted molar refractivity (Wildman–Crippen MR) is 110 cm³/mol. The molecule has 2 aromatic carbocycles. The molecule has 4 rings (SSSR count). The molecule has 27 heavy (non-hydrogen) atoms. The van der Waals surface area contributed by atoms with Crippen molar-refractivity contribution in [2.45, 2.75) is 37.8 Å². The molecule has 0 aliphatic carbocycles. The van der Waals surface area contributed by atoms with Crippen molar-refractivity contribution in [1.82, 2.24) is 10.2 Å². The molecular weight excluding hydrogens is 334 g/mol. The maximum Gasteiger partial charge on any atom is 0.242 e. The van der Waals surface area contributed by atoms with Crippen LogP contribution in [0, 0.1) is 0 Å². The molecule has 0 radical (unpaired) electrons. The Morgan fingerprint density at radius 2 is 1.56 bits per heavy atom. The Balaban J connectivity index is 1.46. The topological polar surface area (TPSA) is 35.6 Å². The van der Waals surface area contributed by atoms with Crippen molar-refractivity contribution in [2.24, 2.45) is 0 Å². The Labute approximate surface area is 162 Å². The number of amides is 1. The maximum atomic E-state index is 13.3. The molecule has 0 spiro atoms. The Hall–Kier alpha value is -2.33. The van der Waals surface area contributed by atoms with Crippen molar-refractivity contribution in [1.29, 1.82) is 0 Å². The molecule has 4 nitrogen and oxygen atoms in total. The summed E-state index contributed by atoms with van der Waals surface area (Å²) in [5, 5.41) is 3.37. The molecule has 1 amide bonds. The van der Waals surface area contributed by atoms with E-state index in [1.807, 2.05) is 24.3 Å². The van der Waals surface area contributed by atoms with E-state index in [1.54, 1.807) is 0 Å². The van der Waals surface area contributed by atoms with Gasteiger partial charge in [-0.05, 0) is 56.5 Å². The minimum atomic E-state index is -0.166. The summed E-state index contributed by atoms with van der Waals surface area (Å²) < 4.78 is 0. The zero-order valence-corrected chi connectivity index (χ0v) is 15.9. The fourth-order valence-corrected chi connectivity index (χ4v) is 4.41. The number of para-hydroxylation sites is 1. The molecular formula is C23H29N3O. The van der Waals surface area contributed by atoms with E-state index in [0.29, 0.717) is 0 Å². The van der Waals surface area contributed by atoms with Crippen molar-refractivity contribution in [3.05, 3.63) is 66.2 Å². The van der Waals surface area contributed by atoms with Crippen LogP contribution in [0.15, 0.2) is 60.7 Å². The maximum absolute atomic E-state index is 13.3.